The Bertz CT molecular complexity index is 2540. The number of anilines is 5. The lowest BCUT2D eigenvalue weighted by atomic mass is 9.73. The Hall–Kier alpha value is -6.57. The SMILES string of the molecule is CCC1(CC)c2cc(-c3nc4ccccc4s3)ccc2-c2ccc(N(c3cccc(Oc4ccc(N)cc4)c3)c3cccc(Oc4ccc(N)cc4)c3)cc21. The Morgan fingerprint density at radius 1 is 0.545 bits per heavy atom. The first-order valence-electron chi connectivity index (χ1n) is 18.6. The highest BCUT2D eigenvalue weighted by Gasteiger charge is 2.41. The average molecular weight is 737 g/mol. The number of ether oxygens (including phenoxy) is 2. The molecule has 0 unspecified atom stereocenters. The number of aromatic nitrogens is 1. The van der Waals surface area contributed by atoms with Gasteiger partial charge < -0.3 is 25.8 Å². The van der Waals surface area contributed by atoms with Gasteiger partial charge in [-0.2, -0.15) is 0 Å². The maximum atomic E-state index is 6.34. The predicted molar refractivity (Wildman–Crippen MR) is 228 cm³/mol. The van der Waals surface area contributed by atoms with Gasteiger partial charge in [-0.1, -0.05) is 56.3 Å². The van der Waals surface area contributed by atoms with Gasteiger partial charge in [-0.15, -0.1) is 11.3 Å². The third-order valence-electron chi connectivity index (χ3n) is 10.7. The molecule has 6 nitrogen and oxygen atoms in total. The fraction of sp³-hybridized carbons (Fsp3) is 0.104. The van der Waals surface area contributed by atoms with Gasteiger partial charge >= 0.3 is 0 Å². The Labute approximate surface area is 325 Å². The highest BCUT2D eigenvalue weighted by Crippen LogP contribution is 2.55. The quantitative estimate of drug-likeness (QED) is 0.136. The first-order chi connectivity index (χ1) is 26.9. The van der Waals surface area contributed by atoms with Crippen LogP contribution in [0.1, 0.15) is 37.8 Å². The molecule has 4 N–H and O–H groups in total. The van der Waals surface area contributed by atoms with Crippen molar-refractivity contribution < 1.29 is 9.47 Å². The van der Waals surface area contributed by atoms with Crippen molar-refractivity contribution in [2.45, 2.75) is 32.1 Å². The third-order valence-corrected chi connectivity index (χ3v) is 11.8. The summed E-state index contributed by atoms with van der Waals surface area (Å²) < 4.78 is 13.9. The molecule has 9 rings (SSSR count). The minimum Gasteiger partial charge on any atom is -0.457 e. The van der Waals surface area contributed by atoms with Crippen LogP contribution in [-0.4, -0.2) is 4.98 Å². The smallest absolute Gasteiger partial charge is 0.129 e. The zero-order valence-corrected chi connectivity index (χ0v) is 31.5. The second kappa shape index (κ2) is 14.0. The van der Waals surface area contributed by atoms with Crippen molar-refractivity contribution in [1.82, 2.24) is 4.98 Å². The van der Waals surface area contributed by atoms with Gasteiger partial charge in [-0.3, -0.25) is 0 Å². The first kappa shape index (κ1) is 34.2. The summed E-state index contributed by atoms with van der Waals surface area (Å²) in [6, 6.07) is 53.5. The van der Waals surface area contributed by atoms with E-state index in [1.165, 1.54) is 27.0 Å². The van der Waals surface area contributed by atoms with Gasteiger partial charge in [0.25, 0.3) is 0 Å². The molecule has 7 aromatic carbocycles. The summed E-state index contributed by atoms with van der Waals surface area (Å²) in [6.45, 7) is 4.63. The fourth-order valence-electron chi connectivity index (χ4n) is 7.93. The normalized spacial score (nSPS) is 12.6. The molecular weight excluding hydrogens is 697 g/mol. The van der Waals surface area contributed by atoms with E-state index in [1.54, 1.807) is 11.3 Å². The first-order valence-corrected chi connectivity index (χ1v) is 19.4. The number of para-hydroxylation sites is 1. The molecule has 1 heterocycles. The Balaban J connectivity index is 1.15. The van der Waals surface area contributed by atoms with Gasteiger partial charge in [0.15, 0.2) is 0 Å². The predicted octanol–water partition coefficient (Wildman–Crippen LogP) is 13.3. The van der Waals surface area contributed by atoms with Crippen molar-refractivity contribution in [2.24, 2.45) is 0 Å². The summed E-state index contributed by atoms with van der Waals surface area (Å²) in [4.78, 5) is 7.29. The van der Waals surface area contributed by atoms with E-state index in [4.69, 9.17) is 25.9 Å². The standard InChI is InChI=1S/C48H40N4O2S/c1-3-48(4-2)43-27-31(47-51-45-13-5-6-14-46(45)55-47)15-25-41(43)42-26-20-36(30-44(42)48)52(34-9-7-11-39(28-34)53-37-21-16-32(49)17-22-37)35-10-8-12-40(29-35)54-38-23-18-33(50)19-24-38/h5-30H,3-4,49-50H2,1-2H3. The molecule has 55 heavy (non-hydrogen) atoms. The number of rotatable bonds is 10. The van der Waals surface area contributed by atoms with Crippen molar-refractivity contribution in [3.63, 3.8) is 0 Å². The molecular formula is C48H40N4O2S. The van der Waals surface area contributed by atoms with E-state index in [0.717, 1.165) is 46.0 Å². The van der Waals surface area contributed by atoms with Crippen LogP contribution in [0.15, 0.2) is 158 Å². The molecule has 270 valence electrons. The van der Waals surface area contributed by atoms with E-state index < -0.39 is 0 Å². The average Bonchev–Trinajstić information content (AvgIpc) is 3.77. The Kier molecular flexibility index (Phi) is 8.72. The summed E-state index contributed by atoms with van der Waals surface area (Å²) in [7, 11) is 0. The monoisotopic (exact) mass is 736 g/mol. The molecule has 0 fully saturated rings. The molecule has 0 bridgehead atoms. The van der Waals surface area contributed by atoms with E-state index in [-0.39, 0.29) is 5.41 Å². The number of nitrogen functional groups attached to an aromatic ring is 2. The molecule has 0 saturated heterocycles. The van der Waals surface area contributed by atoms with Gasteiger partial charge in [0.2, 0.25) is 0 Å². The summed E-state index contributed by atoms with van der Waals surface area (Å²) in [6.07, 6.45) is 1.93. The van der Waals surface area contributed by atoms with Gasteiger partial charge in [0.05, 0.1) is 10.2 Å². The van der Waals surface area contributed by atoms with Crippen LogP contribution in [0.2, 0.25) is 0 Å². The largest absolute Gasteiger partial charge is 0.457 e. The molecule has 0 atom stereocenters. The van der Waals surface area contributed by atoms with E-state index in [9.17, 15) is 0 Å². The number of fused-ring (bicyclic) bond motifs is 4. The fourth-order valence-corrected chi connectivity index (χ4v) is 8.89. The van der Waals surface area contributed by atoms with Crippen molar-refractivity contribution >= 4 is 50.0 Å². The molecule has 7 heteroatoms. The minimum atomic E-state index is -0.167. The number of thiazole rings is 1. The maximum Gasteiger partial charge on any atom is 0.129 e. The topological polar surface area (TPSA) is 86.6 Å². The molecule has 1 aromatic heterocycles. The number of nitrogens with two attached hydrogens (primary N) is 2. The summed E-state index contributed by atoms with van der Waals surface area (Å²) in [5.74, 6) is 2.86. The molecule has 0 saturated carbocycles. The molecule has 8 aromatic rings. The van der Waals surface area contributed by atoms with Crippen molar-refractivity contribution in [3.8, 4) is 44.7 Å². The van der Waals surface area contributed by atoms with Crippen LogP contribution in [-0.2, 0) is 5.41 Å². The van der Waals surface area contributed by atoms with E-state index in [0.29, 0.717) is 34.4 Å². The van der Waals surface area contributed by atoms with Crippen LogP contribution in [0.5, 0.6) is 23.0 Å². The van der Waals surface area contributed by atoms with Crippen LogP contribution in [0.25, 0.3) is 31.9 Å². The van der Waals surface area contributed by atoms with Gasteiger partial charge in [-0.25, -0.2) is 4.98 Å². The van der Waals surface area contributed by atoms with E-state index in [2.05, 4.69) is 104 Å². The second-order valence-corrected chi connectivity index (χ2v) is 15.0. The lowest BCUT2D eigenvalue weighted by Gasteiger charge is -2.32. The number of nitrogens with zero attached hydrogens (tertiary/aromatic N) is 2. The molecule has 1 aliphatic rings. The molecule has 0 aliphatic heterocycles. The number of hydrogen-bond donors (Lipinski definition) is 2. The lowest BCUT2D eigenvalue weighted by molar-refractivity contribution is 0.483. The van der Waals surface area contributed by atoms with Crippen molar-refractivity contribution in [3.05, 3.63) is 169 Å². The molecule has 0 amide bonds. The lowest BCUT2D eigenvalue weighted by Crippen LogP contribution is -2.23. The maximum absolute atomic E-state index is 6.34. The van der Waals surface area contributed by atoms with Gasteiger partial charge in [0.1, 0.15) is 28.0 Å². The highest BCUT2D eigenvalue weighted by molar-refractivity contribution is 7.21. The second-order valence-electron chi connectivity index (χ2n) is 13.9. The molecule has 0 spiro atoms. The molecule has 1 aliphatic carbocycles. The number of benzene rings is 7. The van der Waals surface area contributed by atoms with Crippen LogP contribution in [0.4, 0.5) is 28.4 Å². The summed E-state index contributed by atoms with van der Waals surface area (Å²) in [5, 5.41) is 1.05. The highest BCUT2D eigenvalue weighted by atomic mass is 32.1. The van der Waals surface area contributed by atoms with Crippen LogP contribution >= 0.6 is 11.3 Å². The van der Waals surface area contributed by atoms with Gasteiger partial charge in [0, 0.05) is 51.5 Å². The summed E-state index contributed by atoms with van der Waals surface area (Å²) in [5.41, 5.74) is 23.5. The van der Waals surface area contributed by atoms with Gasteiger partial charge in [-0.05, 0) is 138 Å². The zero-order valence-electron chi connectivity index (χ0n) is 30.7. The third kappa shape index (κ3) is 6.32. The van der Waals surface area contributed by atoms with Crippen molar-refractivity contribution in [2.75, 3.05) is 16.4 Å². The Morgan fingerprint density at radius 2 is 1.09 bits per heavy atom. The summed E-state index contributed by atoms with van der Waals surface area (Å²) >= 11 is 1.75. The number of hydrogen-bond acceptors (Lipinski definition) is 7. The molecule has 0 radical (unpaired) electrons. The Morgan fingerprint density at radius 3 is 1.67 bits per heavy atom. The zero-order chi connectivity index (χ0) is 37.5. The van der Waals surface area contributed by atoms with Crippen molar-refractivity contribution in [1.29, 1.82) is 0 Å². The van der Waals surface area contributed by atoms with Crippen LogP contribution in [0, 0.1) is 0 Å². The van der Waals surface area contributed by atoms with Crippen LogP contribution < -0.4 is 25.8 Å². The van der Waals surface area contributed by atoms with E-state index >= 15 is 0 Å². The van der Waals surface area contributed by atoms with E-state index in [1.807, 2.05) is 72.8 Å². The van der Waals surface area contributed by atoms with Crippen LogP contribution in [0.3, 0.4) is 0 Å². The minimum absolute atomic E-state index is 0.167.